The second-order valence-electron chi connectivity index (χ2n) is 4.30. The Hall–Kier alpha value is -0.980. The summed E-state index contributed by atoms with van der Waals surface area (Å²) in [6.07, 6.45) is 1.13. The largest absolute Gasteiger partial charge is 0.290 e. The lowest BCUT2D eigenvalue weighted by molar-refractivity contribution is 0.303. The maximum absolute atomic E-state index is 8.85. The maximum atomic E-state index is 8.85. The van der Waals surface area contributed by atoms with Crippen LogP contribution >= 0.6 is 11.8 Å². The van der Waals surface area contributed by atoms with E-state index in [2.05, 4.69) is 35.2 Å². The second-order valence-corrected chi connectivity index (χ2v) is 5.64. The number of benzene rings is 1. The molecule has 0 radical (unpaired) electrons. The number of hydrogen-bond donors (Lipinski definition) is 0. The molecule has 0 saturated carbocycles. The molecule has 0 amide bonds. The molecule has 1 aromatic rings. The van der Waals surface area contributed by atoms with Crippen molar-refractivity contribution in [3.8, 4) is 6.07 Å². The molecule has 1 heterocycles. The van der Waals surface area contributed by atoms with Gasteiger partial charge in [-0.25, -0.2) is 0 Å². The Kier molecular flexibility index (Phi) is 3.52. The molecule has 3 heteroatoms. The third-order valence-electron chi connectivity index (χ3n) is 3.05. The van der Waals surface area contributed by atoms with Crippen LogP contribution in [-0.4, -0.2) is 29.8 Å². The second kappa shape index (κ2) is 4.90. The summed E-state index contributed by atoms with van der Waals surface area (Å²) in [6, 6.07) is 10.9. The topological polar surface area (TPSA) is 27.0 Å². The van der Waals surface area contributed by atoms with E-state index in [9.17, 15) is 0 Å². The van der Waals surface area contributed by atoms with Gasteiger partial charge in [-0.15, -0.1) is 11.8 Å². The zero-order chi connectivity index (χ0) is 11.5. The van der Waals surface area contributed by atoms with Crippen LogP contribution < -0.4 is 0 Å². The minimum Gasteiger partial charge on any atom is -0.290 e. The number of hydrogen-bond acceptors (Lipinski definition) is 3. The fourth-order valence-electron chi connectivity index (χ4n) is 1.93. The van der Waals surface area contributed by atoms with E-state index in [1.165, 1.54) is 10.5 Å². The normalized spacial score (nSPS) is 20.5. The molecule has 0 aliphatic carbocycles. The average molecular weight is 232 g/mol. The van der Waals surface area contributed by atoms with E-state index in [1.54, 1.807) is 0 Å². The van der Waals surface area contributed by atoms with E-state index >= 15 is 0 Å². The van der Waals surface area contributed by atoms with Crippen LogP contribution in [0.2, 0.25) is 0 Å². The Morgan fingerprint density at radius 3 is 3.00 bits per heavy atom. The van der Waals surface area contributed by atoms with Crippen LogP contribution in [-0.2, 0) is 6.42 Å². The lowest BCUT2D eigenvalue weighted by Crippen LogP contribution is -2.33. The molecule has 0 spiro atoms. The van der Waals surface area contributed by atoms with Gasteiger partial charge in [-0.3, -0.25) is 4.90 Å². The van der Waals surface area contributed by atoms with Crippen LogP contribution in [0.25, 0.3) is 0 Å². The molecule has 2 atom stereocenters. The SMILES string of the molecule is CC(C#N)N(C)CC1Cc2ccccc2S1. The van der Waals surface area contributed by atoms with Crippen molar-refractivity contribution >= 4 is 11.8 Å². The Morgan fingerprint density at radius 2 is 2.31 bits per heavy atom. The maximum Gasteiger partial charge on any atom is 0.0947 e. The summed E-state index contributed by atoms with van der Waals surface area (Å²) in [5.74, 6) is 0. The van der Waals surface area contributed by atoms with Gasteiger partial charge in [0.15, 0.2) is 0 Å². The van der Waals surface area contributed by atoms with Crippen molar-refractivity contribution in [3.63, 3.8) is 0 Å². The molecule has 2 nitrogen and oxygen atoms in total. The molecule has 1 aromatic carbocycles. The van der Waals surface area contributed by atoms with E-state index < -0.39 is 0 Å². The molecule has 1 aliphatic heterocycles. The van der Waals surface area contributed by atoms with Gasteiger partial charge in [0.05, 0.1) is 12.1 Å². The molecule has 84 valence electrons. The molecule has 2 rings (SSSR count). The summed E-state index contributed by atoms with van der Waals surface area (Å²) in [4.78, 5) is 3.54. The molecule has 1 aliphatic rings. The fraction of sp³-hybridized carbons (Fsp3) is 0.462. The molecule has 0 fully saturated rings. The Labute approximate surface area is 101 Å². The van der Waals surface area contributed by atoms with Crippen LogP contribution in [0, 0.1) is 11.3 Å². The van der Waals surface area contributed by atoms with E-state index in [4.69, 9.17) is 5.26 Å². The van der Waals surface area contributed by atoms with Crippen molar-refractivity contribution in [2.75, 3.05) is 13.6 Å². The fourth-order valence-corrected chi connectivity index (χ4v) is 3.33. The number of thioether (sulfide) groups is 1. The molecular weight excluding hydrogens is 216 g/mol. The van der Waals surface area contributed by atoms with Crippen molar-refractivity contribution in [2.24, 2.45) is 0 Å². The predicted molar refractivity (Wildman–Crippen MR) is 67.5 cm³/mol. The average Bonchev–Trinajstić information content (AvgIpc) is 2.69. The van der Waals surface area contributed by atoms with Gasteiger partial charge in [-0.05, 0) is 32.0 Å². The standard InChI is InChI=1S/C13H16N2S/c1-10(8-14)15(2)9-12-7-11-5-3-4-6-13(11)16-12/h3-6,10,12H,7,9H2,1-2H3. The van der Waals surface area contributed by atoms with Gasteiger partial charge in [-0.2, -0.15) is 5.26 Å². The van der Waals surface area contributed by atoms with E-state index in [-0.39, 0.29) is 6.04 Å². The summed E-state index contributed by atoms with van der Waals surface area (Å²) >= 11 is 1.94. The van der Waals surface area contributed by atoms with Crippen LogP contribution in [0.3, 0.4) is 0 Å². The quantitative estimate of drug-likeness (QED) is 0.801. The summed E-state index contributed by atoms with van der Waals surface area (Å²) < 4.78 is 0. The van der Waals surface area contributed by atoms with E-state index in [1.807, 2.05) is 25.7 Å². The van der Waals surface area contributed by atoms with E-state index in [0.29, 0.717) is 5.25 Å². The summed E-state index contributed by atoms with van der Waals surface area (Å²) in [5.41, 5.74) is 1.45. The van der Waals surface area contributed by atoms with Crippen LogP contribution in [0.1, 0.15) is 12.5 Å². The number of fused-ring (bicyclic) bond motifs is 1. The minimum absolute atomic E-state index is 0.00399. The summed E-state index contributed by atoms with van der Waals surface area (Å²) in [6.45, 7) is 2.93. The molecular formula is C13H16N2S. The molecule has 0 saturated heterocycles. The van der Waals surface area contributed by atoms with Crippen molar-refractivity contribution < 1.29 is 0 Å². The third-order valence-corrected chi connectivity index (χ3v) is 4.35. The Bertz CT molecular complexity index is 386. The third kappa shape index (κ3) is 2.40. The highest BCUT2D eigenvalue weighted by molar-refractivity contribution is 8.00. The van der Waals surface area contributed by atoms with E-state index in [0.717, 1.165) is 13.0 Å². The molecule has 0 bridgehead atoms. The molecule has 0 N–H and O–H groups in total. The summed E-state index contributed by atoms with van der Waals surface area (Å²) in [5, 5.41) is 9.45. The van der Waals surface area contributed by atoms with Gasteiger partial charge in [0.1, 0.15) is 0 Å². The first-order valence-electron chi connectivity index (χ1n) is 5.55. The van der Waals surface area contributed by atoms with Gasteiger partial charge in [0.25, 0.3) is 0 Å². The van der Waals surface area contributed by atoms with Crippen LogP contribution in [0.5, 0.6) is 0 Å². The minimum atomic E-state index is 0.00399. The first-order valence-corrected chi connectivity index (χ1v) is 6.43. The molecule has 16 heavy (non-hydrogen) atoms. The highest BCUT2D eigenvalue weighted by Gasteiger charge is 2.24. The Morgan fingerprint density at radius 1 is 1.56 bits per heavy atom. The first-order chi connectivity index (χ1) is 7.70. The highest BCUT2D eigenvalue weighted by atomic mass is 32.2. The van der Waals surface area contributed by atoms with Crippen molar-refractivity contribution in [2.45, 2.75) is 29.5 Å². The van der Waals surface area contributed by atoms with Gasteiger partial charge >= 0.3 is 0 Å². The van der Waals surface area contributed by atoms with Crippen molar-refractivity contribution in [3.05, 3.63) is 29.8 Å². The van der Waals surface area contributed by atoms with Crippen LogP contribution in [0.4, 0.5) is 0 Å². The predicted octanol–water partition coefficient (Wildman–Crippen LogP) is 2.55. The first kappa shape index (κ1) is 11.5. The number of rotatable bonds is 3. The van der Waals surface area contributed by atoms with Gasteiger partial charge in [0.2, 0.25) is 0 Å². The molecule has 0 aromatic heterocycles. The van der Waals surface area contributed by atoms with Crippen molar-refractivity contribution in [1.82, 2.24) is 4.90 Å². The molecule has 2 unspecified atom stereocenters. The zero-order valence-corrected chi connectivity index (χ0v) is 10.5. The summed E-state index contributed by atoms with van der Waals surface area (Å²) in [7, 11) is 2.03. The van der Waals surface area contributed by atoms with Crippen molar-refractivity contribution in [1.29, 1.82) is 5.26 Å². The van der Waals surface area contributed by atoms with Gasteiger partial charge in [-0.1, -0.05) is 18.2 Å². The monoisotopic (exact) mass is 232 g/mol. The smallest absolute Gasteiger partial charge is 0.0947 e. The van der Waals surface area contributed by atoms with Gasteiger partial charge in [0, 0.05) is 16.7 Å². The Balaban J connectivity index is 1.95. The number of nitriles is 1. The number of nitrogens with zero attached hydrogens (tertiary/aromatic N) is 2. The highest BCUT2D eigenvalue weighted by Crippen LogP contribution is 2.36. The zero-order valence-electron chi connectivity index (χ0n) is 9.68. The lowest BCUT2D eigenvalue weighted by Gasteiger charge is -2.22. The van der Waals surface area contributed by atoms with Gasteiger partial charge < -0.3 is 0 Å². The lowest BCUT2D eigenvalue weighted by atomic mass is 10.1. The van der Waals surface area contributed by atoms with Crippen LogP contribution in [0.15, 0.2) is 29.2 Å².